The van der Waals surface area contributed by atoms with Crippen molar-refractivity contribution in [2.24, 2.45) is 0 Å². The Morgan fingerprint density at radius 2 is 1.78 bits per heavy atom. The second-order valence-corrected chi connectivity index (χ2v) is 11.4. The summed E-state index contributed by atoms with van der Waals surface area (Å²) in [6.45, 7) is -1.62. The number of methoxy groups -OCH3 is 1. The van der Waals surface area contributed by atoms with Gasteiger partial charge in [0.05, 0.1) is 13.2 Å². The maximum Gasteiger partial charge on any atom is 0.387 e. The molecule has 0 unspecified atom stereocenters. The molecule has 0 spiro atoms. The summed E-state index contributed by atoms with van der Waals surface area (Å²) >= 11 is 0. The first kappa shape index (κ1) is 27.5. The van der Waals surface area contributed by atoms with Crippen LogP contribution in [-0.2, 0) is 11.3 Å². The molecular weight excluding hydrogens is 530 g/mol. The van der Waals surface area contributed by atoms with Crippen molar-refractivity contribution in [2.75, 3.05) is 26.7 Å². The van der Waals surface area contributed by atoms with Gasteiger partial charge < -0.3 is 24.3 Å². The van der Waals surface area contributed by atoms with Crippen LogP contribution in [0.2, 0.25) is 0 Å². The molecule has 0 aliphatic carbocycles. The van der Waals surface area contributed by atoms with E-state index < -0.39 is 6.61 Å². The second-order valence-electron chi connectivity index (χ2n) is 11.4. The number of nitrogens with zero attached hydrogens (tertiary/aromatic N) is 3. The fourth-order valence-electron chi connectivity index (χ4n) is 6.91. The van der Waals surface area contributed by atoms with Gasteiger partial charge in [-0.3, -0.25) is 14.5 Å². The minimum absolute atomic E-state index is 0.0475. The number of benzene rings is 2. The number of piperazine rings is 1. The van der Waals surface area contributed by atoms with Gasteiger partial charge in [-0.25, -0.2) is 0 Å². The zero-order valence-corrected chi connectivity index (χ0v) is 23.2. The Morgan fingerprint density at radius 3 is 2.49 bits per heavy atom. The maximum absolute atomic E-state index is 13.7. The predicted octanol–water partition coefficient (Wildman–Crippen LogP) is 5.04. The Morgan fingerprint density at radius 1 is 1.02 bits per heavy atom. The van der Waals surface area contributed by atoms with Crippen LogP contribution >= 0.6 is 0 Å². The molecule has 8 nitrogen and oxygen atoms in total. The Hall–Kier alpha value is -3.66. The average molecular weight is 567 g/mol. The lowest BCUT2D eigenvalue weighted by Crippen LogP contribution is -2.63. The number of halogens is 2. The molecule has 3 saturated heterocycles. The van der Waals surface area contributed by atoms with Crippen molar-refractivity contribution in [3.8, 4) is 11.5 Å². The number of carbonyl (C=O) groups is 2. The lowest BCUT2D eigenvalue weighted by Gasteiger charge is -2.50. The number of H-pyrrole nitrogens is 1. The van der Waals surface area contributed by atoms with Gasteiger partial charge in [-0.1, -0.05) is 25.0 Å². The molecule has 1 aromatic heterocycles. The van der Waals surface area contributed by atoms with E-state index in [-0.39, 0.29) is 36.7 Å². The Kier molecular flexibility index (Phi) is 7.84. The number of rotatable bonds is 8. The van der Waals surface area contributed by atoms with Crippen molar-refractivity contribution < 1.29 is 27.8 Å². The number of hydrogen-bond acceptors (Lipinski definition) is 5. The summed E-state index contributed by atoms with van der Waals surface area (Å²) in [4.78, 5) is 36.6. The van der Waals surface area contributed by atoms with E-state index in [1.165, 1.54) is 18.9 Å². The monoisotopic (exact) mass is 566 g/mol. The normalized spacial score (nSPS) is 23.3. The summed E-state index contributed by atoms with van der Waals surface area (Å²) in [5.74, 6) is 0.393. The van der Waals surface area contributed by atoms with Gasteiger partial charge in [0.1, 0.15) is 23.7 Å². The average Bonchev–Trinajstić information content (AvgIpc) is 3.37. The van der Waals surface area contributed by atoms with Gasteiger partial charge in [0.25, 0.3) is 5.91 Å². The van der Waals surface area contributed by atoms with Gasteiger partial charge in [-0.15, -0.1) is 0 Å². The maximum atomic E-state index is 13.7. The van der Waals surface area contributed by atoms with Crippen LogP contribution in [0.5, 0.6) is 11.5 Å². The van der Waals surface area contributed by atoms with Gasteiger partial charge in [0.2, 0.25) is 5.91 Å². The molecule has 1 atom stereocenters. The highest BCUT2D eigenvalue weighted by atomic mass is 19.3. The Labute approximate surface area is 238 Å². The van der Waals surface area contributed by atoms with Crippen LogP contribution in [0.3, 0.4) is 0 Å². The zero-order valence-electron chi connectivity index (χ0n) is 23.2. The van der Waals surface area contributed by atoms with E-state index >= 15 is 0 Å². The number of ether oxygens (including phenoxy) is 2. The van der Waals surface area contributed by atoms with Crippen molar-refractivity contribution in [1.29, 1.82) is 0 Å². The lowest BCUT2D eigenvalue weighted by atomic mass is 9.84. The number of amides is 2. The molecule has 1 N–H and O–H groups in total. The lowest BCUT2D eigenvalue weighted by molar-refractivity contribution is -0.141. The molecule has 4 heterocycles. The van der Waals surface area contributed by atoms with Crippen LogP contribution < -0.4 is 9.47 Å². The quantitative estimate of drug-likeness (QED) is 0.414. The van der Waals surface area contributed by atoms with E-state index in [2.05, 4.69) is 14.6 Å². The number of aromatic nitrogens is 1. The van der Waals surface area contributed by atoms with E-state index in [1.807, 2.05) is 29.2 Å². The first-order valence-corrected chi connectivity index (χ1v) is 14.4. The molecule has 3 aromatic rings. The van der Waals surface area contributed by atoms with Gasteiger partial charge in [0, 0.05) is 42.6 Å². The van der Waals surface area contributed by atoms with Crippen molar-refractivity contribution in [3.63, 3.8) is 0 Å². The summed E-state index contributed by atoms with van der Waals surface area (Å²) < 4.78 is 35.6. The largest absolute Gasteiger partial charge is 0.497 e. The summed E-state index contributed by atoms with van der Waals surface area (Å²) in [6.07, 6.45) is 7.09. The van der Waals surface area contributed by atoms with Gasteiger partial charge in [-0.05, 0) is 67.6 Å². The molecule has 2 bridgehead atoms. The topological polar surface area (TPSA) is 78.1 Å². The minimum Gasteiger partial charge on any atom is -0.497 e. The standard InChI is InChI=1S/C31H36F2N4O4/c1-40-25-11-12-27-21(14-25)15-28(34-27)30(39)35-17-24(18-36-22-6-3-7-23(36)9-4-8-22)37(29(38)19-35)16-20-5-2-10-26(13-20)41-31(32)33/h2,5,10-15,22-24,31,34H,3-4,6-9,16-19H2,1H3/t22?,23?,24-/m1/s1. The van der Waals surface area contributed by atoms with Crippen LogP contribution in [0.25, 0.3) is 10.9 Å². The molecule has 2 aromatic carbocycles. The smallest absolute Gasteiger partial charge is 0.387 e. The molecule has 3 fully saturated rings. The van der Waals surface area contributed by atoms with E-state index in [1.54, 1.807) is 30.2 Å². The summed E-state index contributed by atoms with van der Waals surface area (Å²) in [6, 6.07) is 14.7. The predicted molar refractivity (Wildman–Crippen MR) is 150 cm³/mol. The number of carbonyl (C=O) groups excluding carboxylic acids is 2. The number of aromatic amines is 1. The molecule has 218 valence electrons. The number of piperidine rings is 2. The molecule has 2 amide bonds. The van der Waals surface area contributed by atoms with Gasteiger partial charge >= 0.3 is 6.61 Å². The molecule has 6 rings (SSSR count). The van der Waals surface area contributed by atoms with E-state index in [0.29, 0.717) is 42.2 Å². The SMILES string of the molecule is COc1ccc2[nH]c(C(=O)N3CC(=O)N(Cc4cccc(OC(F)F)c4)[C@@H](CN4C5CCCC4CCC5)C3)cc2c1. The number of alkyl halides is 2. The van der Waals surface area contributed by atoms with E-state index in [9.17, 15) is 18.4 Å². The van der Waals surface area contributed by atoms with Crippen LogP contribution in [0.1, 0.15) is 54.6 Å². The van der Waals surface area contributed by atoms with Crippen molar-refractivity contribution in [3.05, 3.63) is 59.8 Å². The molecule has 3 aliphatic rings. The molecule has 41 heavy (non-hydrogen) atoms. The summed E-state index contributed by atoms with van der Waals surface area (Å²) in [5, 5.41) is 0.862. The minimum atomic E-state index is -2.92. The van der Waals surface area contributed by atoms with Crippen LogP contribution in [0.4, 0.5) is 8.78 Å². The molecular formula is C31H36F2N4O4. The first-order valence-electron chi connectivity index (χ1n) is 14.4. The Bertz CT molecular complexity index is 1390. The van der Waals surface area contributed by atoms with E-state index in [0.717, 1.165) is 36.6 Å². The van der Waals surface area contributed by atoms with Gasteiger partial charge in [-0.2, -0.15) is 8.78 Å². The Balaban J connectivity index is 1.26. The molecule has 10 heteroatoms. The van der Waals surface area contributed by atoms with Crippen molar-refractivity contribution in [1.82, 2.24) is 19.7 Å². The van der Waals surface area contributed by atoms with Crippen LogP contribution in [0, 0.1) is 0 Å². The number of hydrogen-bond donors (Lipinski definition) is 1. The first-order chi connectivity index (χ1) is 19.9. The third kappa shape index (κ3) is 5.88. The summed E-state index contributed by atoms with van der Waals surface area (Å²) in [5.41, 5.74) is 1.97. The highest BCUT2D eigenvalue weighted by Gasteiger charge is 2.40. The molecule has 3 aliphatic heterocycles. The fourth-order valence-corrected chi connectivity index (χ4v) is 6.91. The van der Waals surface area contributed by atoms with Crippen LogP contribution in [-0.4, -0.2) is 83.0 Å². The highest BCUT2D eigenvalue weighted by Crippen LogP contribution is 2.35. The molecule has 0 radical (unpaired) electrons. The fraction of sp³-hybridized carbons (Fsp3) is 0.484. The van der Waals surface area contributed by atoms with Gasteiger partial charge in [0.15, 0.2) is 0 Å². The van der Waals surface area contributed by atoms with Crippen LogP contribution in [0.15, 0.2) is 48.5 Å². The number of fused-ring (bicyclic) bond motifs is 3. The second kappa shape index (κ2) is 11.7. The van der Waals surface area contributed by atoms with Crippen molar-refractivity contribution >= 4 is 22.7 Å². The highest BCUT2D eigenvalue weighted by molar-refractivity contribution is 6.00. The zero-order chi connectivity index (χ0) is 28.5. The third-order valence-corrected chi connectivity index (χ3v) is 8.85. The number of nitrogens with one attached hydrogen (secondary N) is 1. The molecule has 0 saturated carbocycles. The third-order valence-electron chi connectivity index (χ3n) is 8.85. The summed E-state index contributed by atoms with van der Waals surface area (Å²) in [7, 11) is 1.60. The van der Waals surface area contributed by atoms with Crippen molar-refractivity contribution in [2.45, 2.75) is 69.8 Å². The van der Waals surface area contributed by atoms with E-state index in [4.69, 9.17) is 4.74 Å².